The van der Waals surface area contributed by atoms with Crippen molar-refractivity contribution in [3.05, 3.63) is 82.3 Å². The molecule has 1 aromatic carbocycles. The maximum absolute atomic E-state index is 14.8. The smallest absolute Gasteiger partial charge is 0.305 e. The van der Waals surface area contributed by atoms with Crippen LogP contribution in [0.5, 0.6) is 5.75 Å². The number of aryl methyl sites for hydroxylation is 2. The number of hydrogen-bond acceptors (Lipinski definition) is 8. The summed E-state index contributed by atoms with van der Waals surface area (Å²) in [4.78, 5) is 34.7. The molecule has 4 aliphatic rings. The minimum atomic E-state index is -3.64. The van der Waals surface area contributed by atoms with Crippen molar-refractivity contribution in [2.75, 3.05) is 31.7 Å². The summed E-state index contributed by atoms with van der Waals surface area (Å²) in [5.74, 6) is 0.252. The van der Waals surface area contributed by atoms with Crippen LogP contribution < -0.4 is 14.4 Å². The van der Waals surface area contributed by atoms with Crippen molar-refractivity contribution in [3.63, 3.8) is 0 Å². The summed E-state index contributed by atoms with van der Waals surface area (Å²) in [5, 5.41) is 4.23. The largest absolute Gasteiger partial charge is 0.489 e. The predicted octanol–water partition coefficient (Wildman–Crippen LogP) is 6.40. The second-order valence-corrected chi connectivity index (χ2v) is 17.4. The highest BCUT2D eigenvalue weighted by atomic mass is 35.5. The molecule has 7 unspecified atom stereocenters. The molecule has 1 spiro atoms. The van der Waals surface area contributed by atoms with Crippen LogP contribution in [0.2, 0.25) is 5.02 Å². The van der Waals surface area contributed by atoms with Gasteiger partial charge in [0.15, 0.2) is 11.6 Å². The van der Waals surface area contributed by atoms with E-state index in [1.165, 1.54) is 17.3 Å². The van der Waals surface area contributed by atoms with Gasteiger partial charge >= 0.3 is 5.91 Å². The third kappa shape index (κ3) is 6.94. The summed E-state index contributed by atoms with van der Waals surface area (Å²) in [7, 11) is -1.88. The maximum Gasteiger partial charge on any atom is 0.305 e. The summed E-state index contributed by atoms with van der Waals surface area (Å²) in [6.45, 7) is 8.03. The number of fused-ring (bicyclic) bond motifs is 4. The SMILES string of the molecule is CCn1cc(C(=O)NS2(=O)=NC(=O)c3ccc4c(n3)N(CC3CCC3C(OC)/C=C/CC(C)C2C)CC2(CCCc3cc(Cl)ccc32)CO4)cn1. The van der Waals surface area contributed by atoms with Gasteiger partial charge in [-0.1, -0.05) is 36.7 Å². The first-order chi connectivity index (χ1) is 24.5. The molecule has 4 heterocycles. The molecule has 272 valence electrons. The Morgan fingerprint density at radius 1 is 1.22 bits per heavy atom. The lowest BCUT2D eigenvalue weighted by Gasteiger charge is -2.45. The van der Waals surface area contributed by atoms with E-state index in [0.717, 1.165) is 37.1 Å². The first-order valence-electron chi connectivity index (χ1n) is 18.0. The van der Waals surface area contributed by atoms with Crippen LogP contribution in [0.15, 0.2) is 59.2 Å². The number of aromatic nitrogens is 3. The van der Waals surface area contributed by atoms with Crippen LogP contribution in [0, 0.1) is 17.8 Å². The molecular weight excluding hydrogens is 688 g/mol. The van der Waals surface area contributed by atoms with Gasteiger partial charge in [-0.05, 0) is 106 Å². The molecule has 11 nitrogen and oxygen atoms in total. The summed E-state index contributed by atoms with van der Waals surface area (Å²) in [6, 6.07) is 9.53. The Kier molecular flexibility index (Phi) is 10.0. The number of anilines is 1. The van der Waals surface area contributed by atoms with Gasteiger partial charge in [0, 0.05) is 43.4 Å². The number of hydrogen-bond donors (Lipinski definition) is 1. The highest BCUT2D eigenvalue weighted by Crippen LogP contribution is 2.46. The number of methoxy groups -OCH3 is 1. The van der Waals surface area contributed by atoms with E-state index in [-0.39, 0.29) is 28.7 Å². The first kappa shape index (κ1) is 35.7. The molecule has 2 aliphatic heterocycles. The fourth-order valence-electron chi connectivity index (χ4n) is 8.18. The van der Waals surface area contributed by atoms with E-state index in [4.69, 9.17) is 26.1 Å². The Balaban J connectivity index is 1.32. The molecule has 7 rings (SSSR count). The fourth-order valence-corrected chi connectivity index (χ4v) is 10.2. The number of pyridine rings is 1. The lowest BCUT2D eigenvalue weighted by atomic mass is 9.68. The maximum atomic E-state index is 14.8. The summed E-state index contributed by atoms with van der Waals surface area (Å²) in [6.07, 6.45) is 12.7. The van der Waals surface area contributed by atoms with Crippen LogP contribution in [0.1, 0.15) is 84.8 Å². The van der Waals surface area contributed by atoms with E-state index in [1.807, 2.05) is 19.9 Å². The highest BCUT2D eigenvalue weighted by molar-refractivity contribution is 7.93. The zero-order chi connectivity index (χ0) is 35.9. The van der Waals surface area contributed by atoms with Gasteiger partial charge in [-0.25, -0.2) is 9.19 Å². The zero-order valence-electron chi connectivity index (χ0n) is 29.7. The van der Waals surface area contributed by atoms with Crippen LogP contribution >= 0.6 is 11.6 Å². The number of rotatable bonds is 4. The summed E-state index contributed by atoms with van der Waals surface area (Å²) < 4.78 is 36.0. The Morgan fingerprint density at radius 2 is 2.06 bits per heavy atom. The van der Waals surface area contributed by atoms with Crippen LogP contribution in [0.3, 0.4) is 0 Å². The number of carbonyl (C=O) groups excluding carboxylic acids is 2. The molecule has 51 heavy (non-hydrogen) atoms. The van der Waals surface area contributed by atoms with E-state index in [9.17, 15) is 13.8 Å². The topological polar surface area (TPSA) is 128 Å². The molecule has 2 aliphatic carbocycles. The summed E-state index contributed by atoms with van der Waals surface area (Å²) in [5.41, 5.74) is 2.47. The number of nitrogens with zero attached hydrogens (tertiary/aromatic N) is 5. The number of carbonyl (C=O) groups is 2. The second kappa shape index (κ2) is 14.4. The van der Waals surface area contributed by atoms with E-state index in [2.05, 4.69) is 43.4 Å². The number of amides is 2. The zero-order valence-corrected chi connectivity index (χ0v) is 31.3. The van der Waals surface area contributed by atoms with E-state index >= 15 is 0 Å². The Hall–Kier alpha value is -3.74. The molecule has 2 bridgehead atoms. The average Bonchev–Trinajstić information content (AvgIpc) is 3.55. The van der Waals surface area contributed by atoms with Gasteiger partial charge in [-0.15, -0.1) is 4.36 Å². The lowest BCUT2D eigenvalue weighted by Crippen LogP contribution is -2.49. The molecule has 0 saturated heterocycles. The summed E-state index contributed by atoms with van der Waals surface area (Å²) >= 11 is 6.45. The first-order valence-corrected chi connectivity index (χ1v) is 20.0. The van der Waals surface area contributed by atoms with Crippen molar-refractivity contribution in [1.29, 1.82) is 0 Å². The lowest BCUT2D eigenvalue weighted by molar-refractivity contribution is 0.0131. The van der Waals surface area contributed by atoms with E-state index in [1.54, 1.807) is 37.0 Å². The Labute approximate surface area is 305 Å². The highest BCUT2D eigenvalue weighted by Gasteiger charge is 2.45. The van der Waals surface area contributed by atoms with Gasteiger partial charge in [-0.2, -0.15) is 5.10 Å². The van der Waals surface area contributed by atoms with Crippen molar-refractivity contribution < 1.29 is 23.3 Å². The van der Waals surface area contributed by atoms with Crippen LogP contribution in [0.4, 0.5) is 5.82 Å². The van der Waals surface area contributed by atoms with Crippen molar-refractivity contribution in [2.45, 2.75) is 82.6 Å². The number of halogens is 1. The molecule has 0 radical (unpaired) electrons. The third-order valence-corrected chi connectivity index (χ3v) is 14.2. The monoisotopic (exact) mass is 734 g/mol. The van der Waals surface area contributed by atoms with Crippen LogP contribution in [-0.2, 0) is 33.0 Å². The van der Waals surface area contributed by atoms with Crippen LogP contribution in [-0.4, -0.2) is 68.9 Å². The third-order valence-electron chi connectivity index (χ3n) is 11.5. The van der Waals surface area contributed by atoms with E-state index in [0.29, 0.717) is 56.1 Å². The number of nitrogens with one attached hydrogen (secondary N) is 1. The normalized spacial score (nSPS) is 31.3. The number of ether oxygens (including phenoxy) is 2. The molecule has 2 amide bonds. The number of benzene rings is 1. The molecule has 2 aromatic heterocycles. The quantitative estimate of drug-likeness (QED) is 0.305. The molecule has 7 atom stereocenters. The minimum absolute atomic E-state index is 0.0432. The fraction of sp³-hybridized carbons (Fsp3) is 0.526. The van der Waals surface area contributed by atoms with Gasteiger partial charge < -0.3 is 14.4 Å². The average molecular weight is 735 g/mol. The predicted molar refractivity (Wildman–Crippen MR) is 198 cm³/mol. The van der Waals surface area contributed by atoms with Gasteiger partial charge in [0.2, 0.25) is 0 Å². The van der Waals surface area contributed by atoms with Gasteiger partial charge in [-0.3, -0.25) is 19.0 Å². The standard InChI is InChI=1S/C38H47ClN6O5S/c1-5-45-21-28(19-40-45)36(46)42-51(48)25(3)24(2)8-6-10-33(49-4)30-13-11-27(30)20-44-22-38(17-7-9-26-18-29(39)12-14-31(26)38)23-50-34-16-15-32(37(47)43-51)41-35(34)44/h6,10,12,14-16,18-19,21,24-25,27,30,33H,5,7-9,11,13,17,20,22-23H2,1-4H3,(H,42,43,46,47,48)/b10-6+. The molecule has 1 fully saturated rings. The van der Waals surface area contributed by atoms with Gasteiger partial charge in [0.05, 0.1) is 29.7 Å². The van der Waals surface area contributed by atoms with Crippen molar-refractivity contribution in [1.82, 2.24) is 19.5 Å². The molecule has 13 heteroatoms. The Morgan fingerprint density at radius 3 is 2.80 bits per heavy atom. The van der Waals surface area contributed by atoms with Crippen molar-refractivity contribution in [2.24, 2.45) is 22.1 Å². The van der Waals surface area contributed by atoms with E-state index < -0.39 is 27.0 Å². The molecule has 1 saturated carbocycles. The minimum Gasteiger partial charge on any atom is -0.489 e. The van der Waals surface area contributed by atoms with Gasteiger partial charge in [0.1, 0.15) is 15.6 Å². The molecular formula is C38H47ClN6O5S. The molecule has 1 N–H and O–H groups in total. The number of allylic oxidation sites excluding steroid dienone is 1. The van der Waals surface area contributed by atoms with Crippen LogP contribution in [0.25, 0.3) is 0 Å². The van der Waals surface area contributed by atoms with Gasteiger partial charge in [0.25, 0.3) is 5.91 Å². The Bertz CT molecular complexity index is 1970. The second-order valence-electron chi connectivity index (χ2n) is 14.7. The van der Waals surface area contributed by atoms with Crippen molar-refractivity contribution in [3.8, 4) is 5.75 Å². The van der Waals surface area contributed by atoms with Crippen molar-refractivity contribution >= 4 is 39.1 Å². The molecule has 3 aromatic rings.